The maximum Gasteiger partial charge on any atom is 0.234 e. The third-order valence-corrected chi connectivity index (χ3v) is 6.09. The number of nitrogens with one attached hydrogen (secondary N) is 1. The second-order valence-corrected chi connectivity index (χ2v) is 8.17. The van der Waals surface area contributed by atoms with Crippen LogP contribution in [-0.2, 0) is 17.8 Å². The Labute approximate surface area is 147 Å². The number of hydrogen-bond acceptors (Lipinski definition) is 5. The first-order chi connectivity index (χ1) is 11.6. The van der Waals surface area contributed by atoms with Crippen molar-refractivity contribution in [3.63, 3.8) is 0 Å². The Hall–Kier alpha value is -1.55. The molecule has 1 N–H and O–H groups in total. The van der Waals surface area contributed by atoms with Crippen LogP contribution in [0.15, 0.2) is 5.16 Å². The van der Waals surface area contributed by atoms with Gasteiger partial charge in [0, 0.05) is 13.0 Å². The van der Waals surface area contributed by atoms with Crippen LogP contribution in [0.1, 0.15) is 64.1 Å². The highest BCUT2D eigenvalue weighted by Crippen LogP contribution is 2.29. The summed E-state index contributed by atoms with van der Waals surface area (Å²) in [5.74, 6) is 0.956. The number of amides is 1. The fraction of sp³-hybridized carbons (Fsp3) is 0.765. The number of hydrogen-bond donors (Lipinski definition) is 1. The Kier molecular flexibility index (Phi) is 5.44. The minimum atomic E-state index is -0.675. The van der Waals surface area contributed by atoms with E-state index < -0.39 is 5.54 Å². The molecule has 7 heteroatoms. The number of aromatic nitrogens is 3. The van der Waals surface area contributed by atoms with Crippen molar-refractivity contribution in [1.82, 2.24) is 20.1 Å². The van der Waals surface area contributed by atoms with Crippen molar-refractivity contribution >= 4 is 17.7 Å². The number of nitrogens with zero attached hydrogens (tertiary/aromatic N) is 4. The highest BCUT2D eigenvalue weighted by molar-refractivity contribution is 8.00. The molecule has 2 aliphatic rings. The van der Waals surface area contributed by atoms with Crippen LogP contribution in [0.3, 0.4) is 0 Å². The van der Waals surface area contributed by atoms with Gasteiger partial charge in [-0.05, 0) is 32.6 Å². The van der Waals surface area contributed by atoms with E-state index in [1.165, 1.54) is 18.2 Å². The average molecular weight is 347 g/mol. The number of carbonyl (C=O) groups excluding carboxylic acids is 1. The minimum Gasteiger partial charge on any atom is -0.337 e. The Balaban J connectivity index is 1.64. The van der Waals surface area contributed by atoms with E-state index in [2.05, 4.69) is 26.2 Å². The van der Waals surface area contributed by atoms with Gasteiger partial charge in [0.1, 0.15) is 11.4 Å². The lowest BCUT2D eigenvalue weighted by molar-refractivity contribution is -0.121. The summed E-state index contributed by atoms with van der Waals surface area (Å²) in [5, 5.41) is 21.6. The van der Waals surface area contributed by atoms with Crippen LogP contribution in [0.25, 0.3) is 0 Å². The molecular weight excluding hydrogens is 322 g/mol. The van der Waals surface area contributed by atoms with E-state index in [-0.39, 0.29) is 11.2 Å². The predicted octanol–water partition coefficient (Wildman–Crippen LogP) is 2.83. The second-order valence-electron chi connectivity index (χ2n) is 6.87. The Morgan fingerprint density at radius 1 is 1.25 bits per heavy atom. The number of fused-ring (bicyclic) bond motifs is 1. The molecule has 1 aliphatic heterocycles. The summed E-state index contributed by atoms with van der Waals surface area (Å²) in [6.07, 6.45) is 9.15. The van der Waals surface area contributed by atoms with Gasteiger partial charge in [-0.2, -0.15) is 5.26 Å². The van der Waals surface area contributed by atoms with Crippen molar-refractivity contribution in [2.24, 2.45) is 0 Å². The highest BCUT2D eigenvalue weighted by Gasteiger charge is 2.35. The molecule has 1 aromatic rings. The zero-order chi connectivity index (χ0) is 17.0. The van der Waals surface area contributed by atoms with E-state index in [1.54, 1.807) is 0 Å². The lowest BCUT2D eigenvalue weighted by atomic mass is 9.83. The molecule has 0 aromatic carbocycles. The number of carbonyl (C=O) groups is 1. The molecule has 0 bridgehead atoms. The van der Waals surface area contributed by atoms with Crippen molar-refractivity contribution in [3.8, 4) is 6.07 Å². The van der Waals surface area contributed by atoms with Gasteiger partial charge in [-0.25, -0.2) is 0 Å². The first kappa shape index (κ1) is 17.3. The summed E-state index contributed by atoms with van der Waals surface area (Å²) < 4.78 is 2.15. The van der Waals surface area contributed by atoms with E-state index in [1.807, 2.05) is 6.92 Å². The van der Waals surface area contributed by atoms with Crippen LogP contribution in [0.4, 0.5) is 0 Å². The molecule has 0 unspecified atom stereocenters. The molecule has 3 rings (SSSR count). The molecule has 1 saturated carbocycles. The molecule has 0 radical (unpaired) electrons. The number of aryl methyl sites for hydroxylation is 1. The van der Waals surface area contributed by atoms with Crippen molar-refractivity contribution in [3.05, 3.63) is 5.82 Å². The van der Waals surface area contributed by atoms with Gasteiger partial charge in [-0.15, -0.1) is 10.2 Å². The lowest BCUT2D eigenvalue weighted by Gasteiger charge is -2.32. The summed E-state index contributed by atoms with van der Waals surface area (Å²) in [6.45, 7) is 2.81. The molecule has 1 aromatic heterocycles. The van der Waals surface area contributed by atoms with Gasteiger partial charge in [0.05, 0.1) is 11.3 Å². The van der Waals surface area contributed by atoms with Gasteiger partial charge in [0.2, 0.25) is 5.91 Å². The van der Waals surface area contributed by atoms with E-state index in [0.717, 1.165) is 68.9 Å². The zero-order valence-electron chi connectivity index (χ0n) is 14.3. The van der Waals surface area contributed by atoms with Gasteiger partial charge in [-0.1, -0.05) is 37.4 Å². The quantitative estimate of drug-likeness (QED) is 0.847. The van der Waals surface area contributed by atoms with Gasteiger partial charge < -0.3 is 9.88 Å². The highest BCUT2D eigenvalue weighted by atomic mass is 32.2. The van der Waals surface area contributed by atoms with E-state index in [4.69, 9.17) is 0 Å². The molecule has 0 saturated heterocycles. The monoisotopic (exact) mass is 347 g/mol. The fourth-order valence-electron chi connectivity index (χ4n) is 3.51. The van der Waals surface area contributed by atoms with Gasteiger partial charge in [0.25, 0.3) is 0 Å². The number of nitriles is 1. The molecule has 1 aliphatic carbocycles. The zero-order valence-corrected chi connectivity index (χ0v) is 15.1. The smallest absolute Gasteiger partial charge is 0.234 e. The molecule has 6 nitrogen and oxygen atoms in total. The van der Waals surface area contributed by atoms with E-state index in [9.17, 15) is 10.1 Å². The SMILES string of the molecule is C[C@@H](Sc1nnc2n1CCCCC2)C(=O)NC1(C#N)CCCCC1. The van der Waals surface area contributed by atoms with Crippen LogP contribution in [0, 0.1) is 11.3 Å². The lowest BCUT2D eigenvalue weighted by Crippen LogP contribution is -2.51. The van der Waals surface area contributed by atoms with Crippen molar-refractivity contribution < 1.29 is 4.79 Å². The van der Waals surface area contributed by atoms with Crippen LogP contribution < -0.4 is 5.32 Å². The summed E-state index contributed by atoms with van der Waals surface area (Å²) in [7, 11) is 0. The van der Waals surface area contributed by atoms with E-state index in [0.29, 0.717) is 0 Å². The third kappa shape index (κ3) is 3.75. The molecule has 2 heterocycles. The van der Waals surface area contributed by atoms with E-state index >= 15 is 0 Å². The Morgan fingerprint density at radius 3 is 2.75 bits per heavy atom. The Morgan fingerprint density at radius 2 is 2.00 bits per heavy atom. The van der Waals surface area contributed by atoms with Gasteiger partial charge in [-0.3, -0.25) is 4.79 Å². The number of rotatable bonds is 4. The molecule has 130 valence electrons. The van der Waals surface area contributed by atoms with Crippen molar-refractivity contribution in [1.29, 1.82) is 5.26 Å². The molecule has 0 spiro atoms. The second kappa shape index (κ2) is 7.56. The maximum absolute atomic E-state index is 12.6. The predicted molar refractivity (Wildman–Crippen MR) is 92.5 cm³/mol. The number of thioether (sulfide) groups is 1. The maximum atomic E-state index is 12.6. The fourth-order valence-corrected chi connectivity index (χ4v) is 4.41. The minimum absolute atomic E-state index is 0.0746. The Bertz CT molecular complexity index is 629. The summed E-state index contributed by atoms with van der Waals surface area (Å²) in [6, 6.07) is 2.35. The van der Waals surface area contributed by atoms with Crippen LogP contribution in [0.2, 0.25) is 0 Å². The van der Waals surface area contributed by atoms with Crippen LogP contribution in [-0.4, -0.2) is 31.5 Å². The first-order valence-corrected chi connectivity index (χ1v) is 9.83. The molecule has 24 heavy (non-hydrogen) atoms. The van der Waals surface area contributed by atoms with Crippen LogP contribution >= 0.6 is 11.8 Å². The normalized spacial score (nSPS) is 21.2. The average Bonchev–Trinajstić information content (AvgIpc) is 2.82. The van der Waals surface area contributed by atoms with Crippen molar-refractivity contribution in [2.45, 2.75) is 87.2 Å². The summed E-state index contributed by atoms with van der Waals surface area (Å²) in [5.41, 5.74) is -0.675. The topological polar surface area (TPSA) is 83.6 Å². The van der Waals surface area contributed by atoms with Crippen LogP contribution in [0.5, 0.6) is 0 Å². The molecule has 1 amide bonds. The first-order valence-electron chi connectivity index (χ1n) is 8.95. The largest absolute Gasteiger partial charge is 0.337 e. The third-order valence-electron chi connectivity index (χ3n) is 5.01. The standard InChI is InChI=1S/C17H25N5OS/c1-13(15(23)19-17(12-18)9-5-3-6-10-17)24-16-21-20-14-8-4-2-7-11-22(14)16/h13H,2-11H2,1H3,(H,19,23)/t13-/m1/s1. The van der Waals surface area contributed by atoms with Gasteiger partial charge >= 0.3 is 0 Å². The molecule has 1 atom stereocenters. The van der Waals surface area contributed by atoms with Gasteiger partial charge in [0.15, 0.2) is 5.16 Å². The molecular formula is C17H25N5OS. The van der Waals surface area contributed by atoms with Crippen molar-refractivity contribution in [2.75, 3.05) is 0 Å². The summed E-state index contributed by atoms with van der Waals surface area (Å²) >= 11 is 1.45. The summed E-state index contributed by atoms with van der Waals surface area (Å²) in [4.78, 5) is 12.6. The molecule has 1 fully saturated rings.